The van der Waals surface area contributed by atoms with Crippen LogP contribution in [0.1, 0.15) is 20.3 Å². The third-order valence-electron chi connectivity index (χ3n) is 4.53. The molecule has 0 saturated carbocycles. The molecule has 2 N–H and O–H groups in total. The first-order chi connectivity index (χ1) is 11.5. The third kappa shape index (κ3) is 5.32. The first-order valence-electron chi connectivity index (χ1n) is 8.42. The molecule has 2 aliphatic rings. The highest BCUT2D eigenvalue weighted by atomic mass is 35.5. The van der Waals surface area contributed by atoms with Crippen LogP contribution in [0, 0.1) is 0 Å². The zero-order valence-electron chi connectivity index (χ0n) is 15.1. The minimum Gasteiger partial charge on any atom is -0.374 e. The number of rotatable bonds is 7. The standard InChI is InChI=1S/C16H30ClN5O2/c1-5-13-10-23-9-7-22(13)12-21(4)15(20-14(17)18-3)19-11-16(2)6-8-24-16/h5,15,19H,6-12H2,1-4H3,(H,18,20)/b13-5-/t15?,16-/m0/s1. The summed E-state index contributed by atoms with van der Waals surface area (Å²) in [6, 6.07) is 0. The molecule has 0 aliphatic carbocycles. The van der Waals surface area contributed by atoms with Gasteiger partial charge in [-0.3, -0.25) is 15.2 Å². The molecule has 2 saturated heterocycles. The van der Waals surface area contributed by atoms with E-state index in [1.807, 2.05) is 6.92 Å². The van der Waals surface area contributed by atoms with Crippen molar-refractivity contribution in [3.8, 4) is 0 Å². The quantitative estimate of drug-likeness (QED) is 0.306. The van der Waals surface area contributed by atoms with Gasteiger partial charge in [-0.2, -0.15) is 0 Å². The van der Waals surface area contributed by atoms with Gasteiger partial charge in [-0.1, -0.05) is 6.08 Å². The average molecular weight is 360 g/mol. The lowest BCUT2D eigenvalue weighted by Crippen LogP contribution is -2.61. The Morgan fingerprint density at radius 1 is 1.54 bits per heavy atom. The number of amidine groups is 1. The van der Waals surface area contributed by atoms with E-state index in [4.69, 9.17) is 21.1 Å². The van der Waals surface area contributed by atoms with E-state index in [0.29, 0.717) is 11.9 Å². The second-order valence-electron chi connectivity index (χ2n) is 6.49. The molecule has 2 atom stereocenters. The van der Waals surface area contributed by atoms with Crippen molar-refractivity contribution in [2.45, 2.75) is 32.2 Å². The van der Waals surface area contributed by atoms with Crippen LogP contribution in [0.2, 0.25) is 0 Å². The van der Waals surface area contributed by atoms with Crippen molar-refractivity contribution in [2.24, 2.45) is 4.99 Å². The molecule has 0 spiro atoms. The van der Waals surface area contributed by atoms with Crippen LogP contribution in [0.4, 0.5) is 0 Å². The second kappa shape index (κ2) is 9.01. The molecule has 0 aromatic carbocycles. The van der Waals surface area contributed by atoms with Crippen LogP contribution < -0.4 is 10.6 Å². The van der Waals surface area contributed by atoms with Crippen molar-refractivity contribution in [1.29, 1.82) is 0 Å². The molecule has 0 aromatic rings. The SMILES string of the molecule is C/C=C1/COCCN1CN(C)C(NC[C@]1(C)CCO1)NC(Cl)=NC. The predicted octanol–water partition coefficient (Wildman–Crippen LogP) is 0.978. The summed E-state index contributed by atoms with van der Waals surface area (Å²) in [7, 11) is 3.72. The van der Waals surface area contributed by atoms with Crippen LogP contribution in [0.3, 0.4) is 0 Å². The van der Waals surface area contributed by atoms with Crippen LogP contribution in [0.15, 0.2) is 16.8 Å². The molecule has 2 fully saturated rings. The van der Waals surface area contributed by atoms with Gasteiger partial charge in [0.15, 0.2) is 5.29 Å². The minimum atomic E-state index is -0.136. The lowest BCUT2D eigenvalue weighted by atomic mass is 9.98. The van der Waals surface area contributed by atoms with Gasteiger partial charge >= 0.3 is 0 Å². The van der Waals surface area contributed by atoms with Gasteiger partial charge < -0.3 is 19.7 Å². The summed E-state index contributed by atoms with van der Waals surface area (Å²) in [5.41, 5.74) is 1.11. The number of allylic oxidation sites excluding steroid dienone is 1. The summed E-state index contributed by atoms with van der Waals surface area (Å²) >= 11 is 6.10. The highest BCUT2D eigenvalue weighted by Crippen LogP contribution is 2.24. The smallest absolute Gasteiger partial charge is 0.193 e. The van der Waals surface area contributed by atoms with Crippen molar-refractivity contribution in [1.82, 2.24) is 20.4 Å². The predicted molar refractivity (Wildman–Crippen MR) is 97.0 cm³/mol. The maximum atomic E-state index is 6.10. The van der Waals surface area contributed by atoms with Gasteiger partial charge in [-0.05, 0) is 32.5 Å². The Kier molecular flexibility index (Phi) is 7.31. The van der Waals surface area contributed by atoms with Crippen LogP contribution in [0.25, 0.3) is 0 Å². The number of nitrogens with one attached hydrogen (secondary N) is 2. The fraction of sp³-hybridized carbons (Fsp3) is 0.812. The molecule has 2 rings (SSSR count). The molecule has 0 bridgehead atoms. The van der Waals surface area contributed by atoms with Crippen molar-refractivity contribution in [3.05, 3.63) is 11.8 Å². The lowest BCUT2D eigenvalue weighted by molar-refractivity contribution is -0.134. The van der Waals surface area contributed by atoms with E-state index < -0.39 is 0 Å². The molecule has 8 heteroatoms. The monoisotopic (exact) mass is 359 g/mol. The molecule has 0 amide bonds. The van der Waals surface area contributed by atoms with Gasteiger partial charge in [-0.15, -0.1) is 0 Å². The van der Waals surface area contributed by atoms with Crippen molar-refractivity contribution in [2.75, 3.05) is 53.7 Å². The van der Waals surface area contributed by atoms with Gasteiger partial charge in [-0.25, -0.2) is 0 Å². The number of hydrogen-bond acceptors (Lipinski definition) is 6. The Morgan fingerprint density at radius 2 is 2.29 bits per heavy atom. The maximum Gasteiger partial charge on any atom is 0.193 e. The number of nitrogens with zero attached hydrogens (tertiary/aromatic N) is 3. The topological polar surface area (TPSA) is 61.4 Å². The molecule has 7 nitrogen and oxygen atoms in total. The van der Waals surface area contributed by atoms with Gasteiger partial charge in [0.25, 0.3) is 0 Å². The first kappa shape index (κ1) is 19.5. The number of ether oxygens (including phenoxy) is 2. The van der Waals surface area contributed by atoms with Crippen LogP contribution in [-0.4, -0.2) is 80.7 Å². The van der Waals surface area contributed by atoms with E-state index in [1.54, 1.807) is 7.05 Å². The fourth-order valence-electron chi connectivity index (χ4n) is 2.76. The lowest BCUT2D eigenvalue weighted by Gasteiger charge is -2.42. The molecule has 2 heterocycles. The molecular weight excluding hydrogens is 330 g/mol. The Balaban J connectivity index is 1.95. The number of aliphatic imine (C=N–C) groups is 1. The Morgan fingerprint density at radius 3 is 2.88 bits per heavy atom. The summed E-state index contributed by atoms with van der Waals surface area (Å²) < 4.78 is 11.2. The summed E-state index contributed by atoms with van der Waals surface area (Å²) in [6.07, 6.45) is 3.04. The van der Waals surface area contributed by atoms with Crippen LogP contribution >= 0.6 is 11.6 Å². The fourth-order valence-corrected chi connectivity index (χ4v) is 2.87. The van der Waals surface area contributed by atoms with Crippen molar-refractivity contribution in [3.63, 3.8) is 0 Å². The maximum absolute atomic E-state index is 6.10. The molecule has 2 aliphatic heterocycles. The first-order valence-corrected chi connectivity index (χ1v) is 8.79. The number of morpholine rings is 1. The molecule has 138 valence electrons. The molecule has 0 aromatic heterocycles. The Hall–Kier alpha value is -0.860. The van der Waals surface area contributed by atoms with E-state index in [0.717, 1.165) is 39.4 Å². The van der Waals surface area contributed by atoms with E-state index >= 15 is 0 Å². The molecule has 24 heavy (non-hydrogen) atoms. The summed E-state index contributed by atoms with van der Waals surface area (Å²) in [4.78, 5) is 8.48. The highest BCUT2D eigenvalue weighted by Gasteiger charge is 2.34. The summed E-state index contributed by atoms with van der Waals surface area (Å²) in [6.45, 7) is 8.81. The van der Waals surface area contributed by atoms with Gasteiger partial charge in [0, 0.05) is 32.3 Å². The van der Waals surface area contributed by atoms with E-state index in [2.05, 4.69) is 45.5 Å². The van der Waals surface area contributed by atoms with E-state index in [9.17, 15) is 0 Å². The van der Waals surface area contributed by atoms with Gasteiger partial charge in [0.2, 0.25) is 0 Å². The third-order valence-corrected chi connectivity index (χ3v) is 4.81. The van der Waals surface area contributed by atoms with E-state index in [1.165, 1.54) is 5.70 Å². The van der Waals surface area contributed by atoms with Crippen LogP contribution in [-0.2, 0) is 9.47 Å². The van der Waals surface area contributed by atoms with Crippen LogP contribution in [0.5, 0.6) is 0 Å². The normalized spacial score (nSPS) is 28.2. The number of halogens is 1. The Labute approximate surface area is 150 Å². The van der Waals surface area contributed by atoms with E-state index in [-0.39, 0.29) is 11.9 Å². The average Bonchev–Trinajstić information content (AvgIpc) is 2.56. The van der Waals surface area contributed by atoms with Crippen molar-refractivity contribution >= 4 is 16.9 Å². The highest BCUT2D eigenvalue weighted by molar-refractivity contribution is 6.64. The largest absolute Gasteiger partial charge is 0.374 e. The minimum absolute atomic E-state index is 0.0932. The second-order valence-corrected chi connectivity index (χ2v) is 6.84. The van der Waals surface area contributed by atoms with Gasteiger partial charge in [0.1, 0.15) is 6.29 Å². The number of hydrogen-bond donors (Lipinski definition) is 2. The summed E-state index contributed by atoms with van der Waals surface area (Å²) in [5, 5.41) is 7.09. The zero-order chi connectivity index (χ0) is 17.6. The molecule has 0 radical (unpaired) electrons. The molecular formula is C16H30ClN5O2. The van der Waals surface area contributed by atoms with Gasteiger partial charge in [0.05, 0.1) is 32.1 Å². The summed E-state index contributed by atoms with van der Waals surface area (Å²) in [5.74, 6) is 0. The zero-order valence-corrected chi connectivity index (χ0v) is 15.9. The molecule has 1 unspecified atom stereocenters. The van der Waals surface area contributed by atoms with Crippen molar-refractivity contribution < 1.29 is 9.47 Å². The Bertz CT molecular complexity index is 467.